The summed E-state index contributed by atoms with van der Waals surface area (Å²) in [6.07, 6.45) is -2.23. The third-order valence-corrected chi connectivity index (χ3v) is 2.08. The molecule has 1 unspecified atom stereocenters. The van der Waals surface area contributed by atoms with Crippen molar-refractivity contribution in [1.29, 1.82) is 0 Å². The van der Waals surface area contributed by atoms with Gasteiger partial charge in [0.15, 0.2) is 0 Å². The number of alkyl halides is 2. The summed E-state index contributed by atoms with van der Waals surface area (Å²) in [6.45, 7) is 0.500. The Labute approximate surface area is 84.1 Å². The summed E-state index contributed by atoms with van der Waals surface area (Å²) < 4.78 is 38.4. The second kappa shape index (κ2) is 3.79. The summed E-state index contributed by atoms with van der Waals surface area (Å²) >= 11 is 5.50. The minimum absolute atomic E-state index is 0.209. The molecule has 0 heterocycles. The zero-order chi connectivity index (χ0) is 10.9. The summed E-state index contributed by atoms with van der Waals surface area (Å²) in [5, 5.41) is 8.94. The van der Waals surface area contributed by atoms with E-state index in [0.29, 0.717) is 6.92 Å². The van der Waals surface area contributed by atoms with E-state index in [1.165, 1.54) is 12.1 Å². The Hall–Kier alpha value is -0.740. The van der Waals surface area contributed by atoms with Gasteiger partial charge in [-0.25, -0.2) is 13.2 Å². The van der Waals surface area contributed by atoms with E-state index in [4.69, 9.17) is 16.7 Å². The van der Waals surface area contributed by atoms with Gasteiger partial charge >= 0.3 is 0 Å². The zero-order valence-corrected chi connectivity index (χ0v) is 8.02. The van der Waals surface area contributed by atoms with E-state index < -0.39 is 23.4 Å². The van der Waals surface area contributed by atoms with E-state index in [9.17, 15) is 13.2 Å². The van der Waals surface area contributed by atoms with Crippen molar-refractivity contribution in [2.45, 2.75) is 19.0 Å². The molecular formula is C9H8ClF3O. The predicted molar refractivity (Wildman–Crippen MR) is 47.0 cm³/mol. The molecule has 1 N–H and O–H groups in total. The molecule has 0 radical (unpaired) electrons. The monoisotopic (exact) mass is 224 g/mol. The van der Waals surface area contributed by atoms with Gasteiger partial charge in [0.25, 0.3) is 5.92 Å². The van der Waals surface area contributed by atoms with Crippen molar-refractivity contribution in [3.8, 4) is 0 Å². The molecule has 0 bridgehead atoms. The lowest BCUT2D eigenvalue weighted by Gasteiger charge is -2.19. The predicted octanol–water partition coefficient (Wildman–Crippen LogP) is 3.17. The number of aliphatic hydroxyl groups is 1. The fourth-order valence-electron chi connectivity index (χ4n) is 1.03. The van der Waals surface area contributed by atoms with Gasteiger partial charge in [-0.15, -0.1) is 0 Å². The van der Waals surface area contributed by atoms with Gasteiger partial charge in [-0.05, 0) is 12.1 Å². The standard InChI is InChI=1S/C9H8ClF3O/c1-9(12,13)8(14)7-5(10)3-2-4-6(7)11/h2-4,8,14H,1H3. The average Bonchev–Trinajstić information content (AvgIpc) is 2.01. The van der Waals surface area contributed by atoms with Crippen LogP contribution in [0.2, 0.25) is 5.02 Å². The second-order valence-electron chi connectivity index (χ2n) is 2.99. The topological polar surface area (TPSA) is 20.2 Å². The Morgan fingerprint density at radius 3 is 2.43 bits per heavy atom. The molecule has 0 fully saturated rings. The van der Waals surface area contributed by atoms with E-state index >= 15 is 0 Å². The smallest absolute Gasteiger partial charge is 0.275 e. The summed E-state index contributed by atoms with van der Waals surface area (Å²) in [5.74, 6) is -4.36. The first-order chi connectivity index (χ1) is 6.34. The average molecular weight is 225 g/mol. The van der Waals surface area contributed by atoms with Gasteiger partial charge in [0.05, 0.1) is 0 Å². The van der Waals surface area contributed by atoms with Crippen LogP contribution in [-0.2, 0) is 0 Å². The van der Waals surface area contributed by atoms with Gasteiger partial charge in [0.1, 0.15) is 11.9 Å². The van der Waals surface area contributed by atoms with Crippen molar-refractivity contribution >= 4 is 11.6 Å². The van der Waals surface area contributed by atoms with Crippen LogP contribution in [0, 0.1) is 5.82 Å². The Bertz CT molecular complexity index is 315. The normalized spacial score (nSPS) is 14.1. The van der Waals surface area contributed by atoms with E-state index in [0.717, 1.165) is 6.07 Å². The fraction of sp³-hybridized carbons (Fsp3) is 0.333. The SMILES string of the molecule is CC(F)(F)C(O)c1c(F)cccc1Cl. The highest BCUT2D eigenvalue weighted by molar-refractivity contribution is 6.31. The highest BCUT2D eigenvalue weighted by Crippen LogP contribution is 2.35. The first kappa shape index (κ1) is 11.3. The Kier molecular flexibility index (Phi) is 3.07. The Morgan fingerprint density at radius 2 is 2.00 bits per heavy atom. The van der Waals surface area contributed by atoms with Crippen molar-refractivity contribution in [2.75, 3.05) is 0 Å². The molecule has 0 saturated heterocycles. The minimum atomic E-state index is -3.42. The van der Waals surface area contributed by atoms with Crippen LogP contribution in [0.15, 0.2) is 18.2 Å². The van der Waals surface area contributed by atoms with Crippen molar-refractivity contribution in [1.82, 2.24) is 0 Å². The maximum Gasteiger partial charge on any atom is 0.275 e. The molecule has 0 aliphatic carbocycles. The first-order valence-corrected chi connectivity index (χ1v) is 4.21. The second-order valence-corrected chi connectivity index (χ2v) is 3.40. The molecule has 78 valence electrons. The molecule has 0 aliphatic heterocycles. The molecule has 0 aromatic heterocycles. The number of hydrogen-bond acceptors (Lipinski definition) is 1. The van der Waals surface area contributed by atoms with Crippen LogP contribution in [-0.4, -0.2) is 11.0 Å². The molecule has 1 rings (SSSR count). The quantitative estimate of drug-likeness (QED) is 0.818. The largest absolute Gasteiger partial charge is 0.382 e. The number of aliphatic hydroxyl groups excluding tert-OH is 1. The van der Waals surface area contributed by atoms with Gasteiger partial charge in [0, 0.05) is 17.5 Å². The molecule has 0 spiro atoms. The maximum absolute atomic E-state index is 13.1. The van der Waals surface area contributed by atoms with Crippen LogP contribution in [0.5, 0.6) is 0 Å². The molecule has 14 heavy (non-hydrogen) atoms. The van der Waals surface area contributed by atoms with Gasteiger partial charge < -0.3 is 5.11 Å². The maximum atomic E-state index is 13.1. The lowest BCUT2D eigenvalue weighted by Crippen LogP contribution is -2.23. The summed E-state index contributed by atoms with van der Waals surface area (Å²) in [7, 11) is 0. The van der Waals surface area contributed by atoms with E-state index in [1.807, 2.05) is 0 Å². The summed E-state index contributed by atoms with van der Waals surface area (Å²) in [4.78, 5) is 0. The third-order valence-electron chi connectivity index (χ3n) is 1.75. The third kappa shape index (κ3) is 2.19. The molecule has 1 atom stereocenters. The van der Waals surface area contributed by atoms with E-state index in [2.05, 4.69) is 0 Å². The fourth-order valence-corrected chi connectivity index (χ4v) is 1.29. The minimum Gasteiger partial charge on any atom is -0.382 e. The molecule has 1 nitrogen and oxygen atoms in total. The summed E-state index contributed by atoms with van der Waals surface area (Å²) in [5.41, 5.74) is -0.568. The number of benzene rings is 1. The lowest BCUT2D eigenvalue weighted by molar-refractivity contribution is -0.0966. The van der Waals surface area contributed by atoms with Crippen LogP contribution in [0.1, 0.15) is 18.6 Å². The first-order valence-electron chi connectivity index (χ1n) is 3.84. The lowest BCUT2D eigenvalue weighted by atomic mass is 10.0. The van der Waals surface area contributed by atoms with E-state index in [-0.39, 0.29) is 5.02 Å². The molecule has 0 saturated carbocycles. The number of rotatable bonds is 2. The molecule has 5 heteroatoms. The highest BCUT2D eigenvalue weighted by Gasteiger charge is 2.36. The number of halogens is 4. The molecular weight excluding hydrogens is 217 g/mol. The van der Waals surface area contributed by atoms with E-state index in [1.54, 1.807) is 0 Å². The molecule has 1 aromatic carbocycles. The van der Waals surface area contributed by atoms with Crippen molar-refractivity contribution in [3.05, 3.63) is 34.6 Å². The van der Waals surface area contributed by atoms with Crippen LogP contribution >= 0.6 is 11.6 Å². The zero-order valence-electron chi connectivity index (χ0n) is 7.27. The molecule has 0 amide bonds. The van der Waals surface area contributed by atoms with Crippen molar-refractivity contribution in [3.63, 3.8) is 0 Å². The van der Waals surface area contributed by atoms with Gasteiger partial charge in [-0.2, -0.15) is 0 Å². The Balaban J connectivity index is 3.19. The Morgan fingerprint density at radius 1 is 1.43 bits per heavy atom. The van der Waals surface area contributed by atoms with Crippen molar-refractivity contribution in [2.24, 2.45) is 0 Å². The summed E-state index contributed by atoms with van der Waals surface area (Å²) in [6, 6.07) is 3.49. The molecule has 0 aliphatic rings. The van der Waals surface area contributed by atoms with Gasteiger partial charge in [0.2, 0.25) is 0 Å². The van der Waals surface area contributed by atoms with Gasteiger partial charge in [-0.3, -0.25) is 0 Å². The van der Waals surface area contributed by atoms with Gasteiger partial charge in [-0.1, -0.05) is 17.7 Å². The highest BCUT2D eigenvalue weighted by atomic mass is 35.5. The van der Waals surface area contributed by atoms with Crippen LogP contribution in [0.4, 0.5) is 13.2 Å². The number of hydrogen-bond donors (Lipinski definition) is 1. The van der Waals surface area contributed by atoms with Crippen molar-refractivity contribution < 1.29 is 18.3 Å². The van der Waals surface area contributed by atoms with Crippen LogP contribution in [0.3, 0.4) is 0 Å². The van der Waals surface area contributed by atoms with Crippen LogP contribution in [0.25, 0.3) is 0 Å². The van der Waals surface area contributed by atoms with Crippen LogP contribution < -0.4 is 0 Å². The molecule has 1 aromatic rings.